The number of likely N-dealkylation sites (N-methyl/N-ethyl adjacent to an activating group) is 2. The summed E-state index contributed by atoms with van der Waals surface area (Å²) in [6, 6.07) is 5.34. The summed E-state index contributed by atoms with van der Waals surface area (Å²) in [7, 11) is 1.75. The number of quaternary nitrogens is 1. The fraction of sp³-hybridized carbons (Fsp3) is 0.471. The zero-order valence-electron chi connectivity index (χ0n) is 14.9. The van der Waals surface area contributed by atoms with E-state index in [0.717, 1.165) is 4.90 Å². The third-order valence-corrected chi connectivity index (χ3v) is 3.61. The molecule has 7 nitrogen and oxygen atoms in total. The minimum atomic E-state index is -0.406. The number of nitrogens with one attached hydrogen (secondary N) is 3. The zero-order valence-corrected chi connectivity index (χ0v) is 14.9. The number of benzene rings is 1. The van der Waals surface area contributed by atoms with Gasteiger partial charge in [-0.2, -0.15) is 0 Å². The number of amides is 3. The van der Waals surface area contributed by atoms with E-state index in [1.807, 2.05) is 13.8 Å². The molecule has 0 saturated carbocycles. The Morgan fingerprint density at radius 2 is 1.64 bits per heavy atom. The van der Waals surface area contributed by atoms with Crippen molar-refractivity contribution in [2.75, 3.05) is 45.1 Å². The van der Waals surface area contributed by atoms with Crippen LogP contribution in [0.3, 0.4) is 0 Å². The van der Waals surface area contributed by atoms with Gasteiger partial charge in [0, 0.05) is 18.8 Å². The van der Waals surface area contributed by atoms with Gasteiger partial charge in [-0.25, -0.2) is 4.39 Å². The highest BCUT2D eigenvalue weighted by molar-refractivity contribution is 5.94. The minimum absolute atomic E-state index is 0.00986. The maximum atomic E-state index is 12.8. The predicted octanol–water partition coefficient (Wildman–Crippen LogP) is -0.736. The van der Waals surface area contributed by atoms with E-state index in [-0.39, 0.29) is 31.4 Å². The second kappa shape index (κ2) is 10.4. The third-order valence-electron chi connectivity index (χ3n) is 3.61. The second-order valence-electron chi connectivity index (χ2n) is 5.71. The van der Waals surface area contributed by atoms with Gasteiger partial charge < -0.3 is 20.4 Å². The average Bonchev–Trinajstić information content (AvgIpc) is 2.56. The van der Waals surface area contributed by atoms with Crippen molar-refractivity contribution in [3.05, 3.63) is 30.1 Å². The van der Waals surface area contributed by atoms with Gasteiger partial charge in [0.2, 0.25) is 5.91 Å². The van der Waals surface area contributed by atoms with Crippen molar-refractivity contribution >= 4 is 23.4 Å². The van der Waals surface area contributed by atoms with Crippen LogP contribution in [-0.2, 0) is 14.4 Å². The number of rotatable bonds is 9. The number of carbonyl (C=O) groups excluding carboxylic acids is 3. The Morgan fingerprint density at radius 1 is 1.04 bits per heavy atom. The summed E-state index contributed by atoms with van der Waals surface area (Å²) in [6.45, 7) is 5.21. The van der Waals surface area contributed by atoms with Crippen LogP contribution in [-0.4, -0.2) is 62.4 Å². The van der Waals surface area contributed by atoms with Gasteiger partial charge in [0.05, 0.1) is 13.6 Å². The van der Waals surface area contributed by atoms with Crippen LogP contribution in [0.5, 0.6) is 0 Å². The molecule has 1 aromatic carbocycles. The fourth-order valence-electron chi connectivity index (χ4n) is 2.26. The van der Waals surface area contributed by atoms with Crippen molar-refractivity contribution in [2.45, 2.75) is 13.8 Å². The first-order valence-electron chi connectivity index (χ1n) is 8.26. The second-order valence-corrected chi connectivity index (χ2v) is 5.71. The number of carbonyl (C=O) groups is 3. The number of hydrogen-bond donors (Lipinski definition) is 3. The molecule has 0 aliphatic rings. The molecule has 0 radical (unpaired) electrons. The first-order valence-corrected chi connectivity index (χ1v) is 8.26. The van der Waals surface area contributed by atoms with Crippen LogP contribution in [0.4, 0.5) is 10.1 Å². The topological polar surface area (TPSA) is 83.0 Å². The van der Waals surface area contributed by atoms with Gasteiger partial charge >= 0.3 is 0 Å². The first kappa shape index (κ1) is 20.6. The lowest BCUT2D eigenvalue weighted by molar-refractivity contribution is -0.863. The van der Waals surface area contributed by atoms with E-state index < -0.39 is 11.7 Å². The highest BCUT2D eigenvalue weighted by Crippen LogP contribution is 2.07. The molecule has 0 aliphatic carbocycles. The van der Waals surface area contributed by atoms with Crippen LogP contribution in [0.15, 0.2) is 24.3 Å². The Hall–Kier alpha value is -2.48. The molecule has 1 unspecified atom stereocenters. The van der Waals surface area contributed by atoms with E-state index in [4.69, 9.17) is 0 Å². The molecule has 3 N–H and O–H groups in total. The van der Waals surface area contributed by atoms with Crippen LogP contribution in [0, 0.1) is 5.82 Å². The molecule has 0 spiro atoms. The molecule has 0 bridgehead atoms. The van der Waals surface area contributed by atoms with Gasteiger partial charge in [0.15, 0.2) is 13.1 Å². The minimum Gasteiger partial charge on any atom is -0.342 e. The van der Waals surface area contributed by atoms with Crippen LogP contribution in [0.1, 0.15) is 13.8 Å². The smallest absolute Gasteiger partial charge is 0.277 e. The highest BCUT2D eigenvalue weighted by atomic mass is 19.1. The van der Waals surface area contributed by atoms with Crippen LogP contribution < -0.4 is 15.5 Å². The summed E-state index contributed by atoms with van der Waals surface area (Å²) < 4.78 is 12.8. The molecule has 0 fully saturated rings. The summed E-state index contributed by atoms with van der Waals surface area (Å²) in [5.74, 6) is -1.13. The van der Waals surface area contributed by atoms with Crippen molar-refractivity contribution in [3.8, 4) is 0 Å². The Bertz CT molecular complexity index is 588. The van der Waals surface area contributed by atoms with Gasteiger partial charge in [0.1, 0.15) is 5.82 Å². The maximum absolute atomic E-state index is 12.8. The normalized spacial score (nSPS) is 11.5. The van der Waals surface area contributed by atoms with Crippen molar-refractivity contribution in [1.29, 1.82) is 0 Å². The Kier molecular flexibility index (Phi) is 8.55. The maximum Gasteiger partial charge on any atom is 0.277 e. The molecule has 0 heterocycles. The molecule has 138 valence electrons. The van der Waals surface area contributed by atoms with Gasteiger partial charge in [0.25, 0.3) is 11.8 Å². The largest absolute Gasteiger partial charge is 0.342 e. The lowest BCUT2D eigenvalue weighted by Crippen LogP contribution is -3.11. The van der Waals surface area contributed by atoms with Crippen molar-refractivity contribution in [2.24, 2.45) is 0 Å². The number of nitrogens with zero attached hydrogens (tertiary/aromatic N) is 1. The summed E-state index contributed by atoms with van der Waals surface area (Å²) in [4.78, 5) is 38.0. The van der Waals surface area contributed by atoms with E-state index >= 15 is 0 Å². The lowest BCUT2D eigenvalue weighted by Gasteiger charge is -2.20. The Morgan fingerprint density at radius 3 is 2.20 bits per heavy atom. The van der Waals surface area contributed by atoms with Gasteiger partial charge in [-0.15, -0.1) is 0 Å². The summed E-state index contributed by atoms with van der Waals surface area (Å²) in [5, 5.41) is 5.06. The molecule has 0 aliphatic heterocycles. The van der Waals surface area contributed by atoms with Crippen molar-refractivity contribution in [1.82, 2.24) is 10.2 Å². The Balaban J connectivity index is 2.32. The lowest BCUT2D eigenvalue weighted by atomic mass is 10.3. The number of hydrogen-bond acceptors (Lipinski definition) is 3. The summed E-state index contributed by atoms with van der Waals surface area (Å²) >= 11 is 0. The van der Waals surface area contributed by atoms with Crippen LogP contribution in [0.25, 0.3) is 0 Å². The standard InChI is InChI=1S/C17H25FN4O3/c1-4-22(5-2)17(25)12-21(3)11-16(24)19-10-15(23)20-14-8-6-13(18)7-9-14/h6-9H,4-5,10-12H2,1-3H3,(H,19,24)(H,20,23)/p+1. The monoisotopic (exact) mass is 353 g/mol. The van der Waals surface area contributed by atoms with E-state index in [0.29, 0.717) is 18.8 Å². The first-order chi connectivity index (χ1) is 11.8. The number of anilines is 1. The summed E-state index contributed by atoms with van der Waals surface area (Å²) in [5.41, 5.74) is 0.452. The molecule has 3 amide bonds. The van der Waals surface area contributed by atoms with Gasteiger partial charge in [-0.3, -0.25) is 14.4 Å². The van der Waals surface area contributed by atoms with E-state index in [1.165, 1.54) is 24.3 Å². The predicted molar refractivity (Wildman–Crippen MR) is 92.6 cm³/mol. The van der Waals surface area contributed by atoms with Gasteiger partial charge in [-0.1, -0.05) is 0 Å². The molecular formula is C17H26FN4O3+. The Labute approximate surface area is 147 Å². The molecule has 1 rings (SSSR count). The van der Waals surface area contributed by atoms with Crippen LogP contribution in [0.2, 0.25) is 0 Å². The average molecular weight is 353 g/mol. The van der Waals surface area contributed by atoms with E-state index in [2.05, 4.69) is 10.6 Å². The summed E-state index contributed by atoms with van der Waals surface area (Å²) in [6.07, 6.45) is 0. The van der Waals surface area contributed by atoms with E-state index in [1.54, 1.807) is 11.9 Å². The molecule has 0 aromatic heterocycles. The van der Waals surface area contributed by atoms with Crippen molar-refractivity contribution < 1.29 is 23.7 Å². The molecule has 1 aromatic rings. The third kappa shape index (κ3) is 7.75. The number of halogens is 1. The zero-order chi connectivity index (χ0) is 18.8. The van der Waals surface area contributed by atoms with Crippen molar-refractivity contribution in [3.63, 3.8) is 0 Å². The SMILES string of the molecule is CCN(CC)C(=O)C[NH+](C)CC(=O)NCC(=O)Nc1ccc(F)cc1. The molecular weight excluding hydrogens is 327 g/mol. The van der Waals surface area contributed by atoms with Crippen LogP contribution >= 0.6 is 0 Å². The van der Waals surface area contributed by atoms with Gasteiger partial charge in [-0.05, 0) is 38.1 Å². The molecule has 1 atom stereocenters. The fourth-order valence-corrected chi connectivity index (χ4v) is 2.26. The highest BCUT2D eigenvalue weighted by Gasteiger charge is 2.18. The quantitative estimate of drug-likeness (QED) is 0.547. The van der Waals surface area contributed by atoms with E-state index in [9.17, 15) is 18.8 Å². The molecule has 25 heavy (non-hydrogen) atoms. The molecule has 8 heteroatoms. The molecule has 0 saturated heterocycles.